The maximum Gasteiger partial charge on any atom is 0.311 e. The average molecular weight is 455 g/mol. The number of fused-ring (bicyclic) bond motifs is 7. The van der Waals surface area contributed by atoms with Crippen LogP contribution in [0.4, 0.5) is 0 Å². The molecule has 5 aliphatic carbocycles. The van der Waals surface area contributed by atoms with Gasteiger partial charge in [0.15, 0.2) is 0 Å². The quantitative estimate of drug-likeness (QED) is 0.294. The van der Waals surface area contributed by atoms with E-state index in [1.165, 1.54) is 51.4 Å². The Bertz CT molecular complexity index is 870. The van der Waals surface area contributed by atoms with Crippen molar-refractivity contribution in [1.82, 2.24) is 0 Å². The van der Waals surface area contributed by atoms with Crippen LogP contribution in [0.3, 0.4) is 0 Å². The molecule has 0 radical (unpaired) electrons. The molecular formula is C31H50O2. The van der Waals surface area contributed by atoms with Crippen LogP contribution >= 0.6 is 0 Å². The van der Waals surface area contributed by atoms with Gasteiger partial charge in [-0.15, -0.1) is 0 Å². The van der Waals surface area contributed by atoms with Crippen LogP contribution in [0.2, 0.25) is 0 Å². The number of carbonyl (C=O) groups excluding carboxylic acids is 1. The van der Waals surface area contributed by atoms with Crippen LogP contribution < -0.4 is 0 Å². The zero-order valence-corrected chi connectivity index (χ0v) is 22.9. The SMILES string of the molecule is COC(=O)[C@@]1(C)CC[C@]2(C)CC[C@]3(C)C(=CCC4[C@@]5(C)CCCC(C)(C)C5CC[C@]43C)C2C1. The largest absolute Gasteiger partial charge is 0.469 e. The van der Waals surface area contributed by atoms with Crippen molar-refractivity contribution in [2.75, 3.05) is 7.11 Å². The van der Waals surface area contributed by atoms with Crippen LogP contribution in [0.15, 0.2) is 11.6 Å². The molecule has 0 aliphatic heterocycles. The van der Waals surface area contributed by atoms with Crippen LogP contribution in [0.25, 0.3) is 0 Å². The first-order valence-corrected chi connectivity index (χ1v) is 14.0. The molecule has 0 spiro atoms. The standard InChI is InChI=1S/C31H50O2/c1-26(2)13-9-14-29(5)23(26)12-15-31(7)24(29)11-10-21-22-20-28(4,25(32)33-8)17-16-27(22,3)18-19-30(21,31)6/h10,22-24H,9,11-20H2,1-8H3/t22?,23?,24?,27-,28+,29+,30-,31-/m1/s1. The van der Waals surface area contributed by atoms with E-state index in [1.807, 2.05) is 0 Å². The van der Waals surface area contributed by atoms with Gasteiger partial charge in [0.25, 0.3) is 0 Å². The van der Waals surface area contributed by atoms with Gasteiger partial charge in [-0.2, -0.15) is 0 Å². The number of rotatable bonds is 1. The van der Waals surface area contributed by atoms with E-state index < -0.39 is 0 Å². The predicted octanol–water partition coefficient (Wildman–Crippen LogP) is 8.35. The Morgan fingerprint density at radius 1 is 0.879 bits per heavy atom. The smallest absolute Gasteiger partial charge is 0.311 e. The molecular weight excluding hydrogens is 404 g/mol. The van der Waals surface area contributed by atoms with Crippen molar-refractivity contribution in [2.45, 2.75) is 119 Å². The molecule has 8 atom stereocenters. The lowest BCUT2D eigenvalue weighted by atomic mass is 9.34. The second-order valence-electron chi connectivity index (χ2n) is 15.1. The monoisotopic (exact) mass is 454 g/mol. The van der Waals surface area contributed by atoms with Gasteiger partial charge >= 0.3 is 5.97 Å². The van der Waals surface area contributed by atoms with Crippen molar-refractivity contribution < 1.29 is 9.53 Å². The molecule has 5 rings (SSSR count). The maximum absolute atomic E-state index is 12.8. The van der Waals surface area contributed by atoms with Crippen LogP contribution in [-0.4, -0.2) is 13.1 Å². The van der Waals surface area contributed by atoms with Crippen LogP contribution in [0, 0.1) is 50.2 Å². The third-order valence-electron chi connectivity index (χ3n) is 13.3. The van der Waals surface area contributed by atoms with Gasteiger partial charge in [-0.25, -0.2) is 0 Å². The van der Waals surface area contributed by atoms with Gasteiger partial charge in [0.05, 0.1) is 12.5 Å². The molecule has 0 saturated heterocycles. The van der Waals surface area contributed by atoms with E-state index in [0.29, 0.717) is 27.6 Å². The Kier molecular flexibility index (Phi) is 5.17. The summed E-state index contributed by atoms with van der Waals surface area (Å²) in [4.78, 5) is 12.8. The summed E-state index contributed by atoms with van der Waals surface area (Å²) < 4.78 is 5.31. The summed E-state index contributed by atoms with van der Waals surface area (Å²) in [5, 5.41) is 0. The summed E-state index contributed by atoms with van der Waals surface area (Å²) in [7, 11) is 1.57. The van der Waals surface area contributed by atoms with Crippen molar-refractivity contribution in [3.63, 3.8) is 0 Å². The molecule has 0 aromatic carbocycles. The highest BCUT2D eigenvalue weighted by molar-refractivity contribution is 5.76. The van der Waals surface area contributed by atoms with E-state index in [0.717, 1.165) is 31.1 Å². The summed E-state index contributed by atoms with van der Waals surface area (Å²) in [6.07, 6.45) is 16.8. The Labute approximate surface area is 203 Å². The highest BCUT2D eigenvalue weighted by Gasteiger charge is 2.67. The third kappa shape index (κ3) is 3.00. The Morgan fingerprint density at radius 2 is 1.58 bits per heavy atom. The van der Waals surface area contributed by atoms with Gasteiger partial charge in [0.2, 0.25) is 0 Å². The molecule has 0 heterocycles. The third-order valence-corrected chi connectivity index (χ3v) is 13.3. The van der Waals surface area contributed by atoms with Gasteiger partial charge in [-0.1, -0.05) is 59.6 Å². The fourth-order valence-corrected chi connectivity index (χ4v) is 10.9. The average Bonchev–Trinajstić information content (AvgIpc) is 2.74. The normalized spacial score (nSPS) is 53.0. The first-order valence-electron chi connectivity index (χ1n) is 14.0. The number of methoxy groups -OCH3 is 1. The minimum atomic E-state index is -0.327. The fourth-order valence-electron chi connectivity index (χ4n) is 10.9. The first kappa shape index (κ1) is 23.9. The molecule has 0 aromatic rings. The van der Waals surface area contributed by atoms with E-state index >= 15 is 0 Å². The second-order valence-corrected chi connectivity index (χ2v) is 15.1. The number of ether oxygens (including phenoxy) is 1. The van der Waals surface area contributed by atoms with Crippen molar-refractivity contribution >= 4 is 5.97 Å². The van der Waals surface area contributed by atoms with Crippen LogP contribution in [0.5, 0.6) is 0 Å². The van der Waals surface area contributed by atoms with E-state index in [2.05, 4.69) is 54.5 Å². The fraction of sp³-hybridized carbons (Fsp3) is 0.903. The molecule has 0 amide bonds. The van der Waals surface area contributed by atoms with Crippen molar-refractivity contribution in [3.05, 3.63) is 11.6 Å². The van der Waals surface area contributed by atoms with Crippen molar-refractivity contribution in [1.29, 1.82) is 0 Å². The predicted molar refractivity (Wildman–Crippen MR) is 136 cm³/mol. The molecule has 0 aromatic heterocycles. The number of hydrogen-bond acceptors (Lipinski definition) is 2. The van der Waals surface area contributed by atoms with Gasteiger partial charge in [0.1, 0.15) is 0 Å². The zero-order chi connectivity index (χ0) is 24.1. The highest BCUT2D eigenvalue weighted by Crippen LogP contribution is 2.75. The van der Waals surface area contributed by atoms with E-state index in [1.54, 1.807) is 12.7 Å². The molecule has 0 N–H and O–H groups in total. The van der Waals surface area contributed by atoms with Crippen LogP contribution in [0.1, 0.15) is 119 Å². The summed E-state index contributed by atoms with van der Waals surface area (Å²) in [5.74, 6) is 2.19. The first-order chi connectivity index (χ1) is 15.3. The minimum absolute atomic E-state index is 0.00906. The summed E-state index contributed by atoms with van der Waals surface area (Å²) in [5.41, 5.74) is 3.34. The zero-order valence-electron chi connectivity index (χ0n) is 22.9. The van der Waals surface area contributed by atoms with Gasteiger partial charge in [0, 0.05) is 0 Å². The lowest BCUT2D eigenvalue weighted by molar-refractivity contribution is -0.182. The lowest BCUT2D eigenvalue weighted by Crippen LogP contribution is -2.63. The molecule has 4 saturated carbocycles. The molecule has 2 heteroatoms. The Hall–Kier alpha value is -0.790. The van der Waals surface area contributed by atoms with Crippen molar-refractivity contribution in [3.8, 4) is 0 Å². The topological polar surface area (TPSA) is 26.3 Å². The molecule has 2 nitrogen and oxygen atoms in total. The Balaban J connectivity index is 1.56. The summed E-state index contributed by atoms with van der Waals surface area (Å²) in [6, 6.07) is 0. The van der Waals surface area contributed by atoms with Crippen LogP contribution in [-0.2, 0) is 9.53 Å². The number of esters is 1. The number of hydrogen-bond donors (Lipinski definition) is 0. The van der Waals surface area contributed by atoms with Gasteiger partial charge in [-0.3, -0.25) is 4.79 Å². The minimum Gasteiger partial charge on any atom is -0.469 e. The van der Waals surface area contributed by atoms with E-state index in [-0.39, 0.29) is 16.8 Å². The van der Waals surface area contributed by atoms with Gasteiger partial charge < -0.3 is 4.74 Å². The summed E-state index contributed by atoms with van der Waals surface area (Å²) >= 11 is 0. The molecule has 33 heavy (non-hydrogen) atoms. The number of carbonyl (C=O) groups is 1. The van der Waals surface area contributed by atoms with Crippen molar-refractivity contribution in [2.24, 2.45) is 50.2 Å². The second kappa shape index (κ2) is 7.13. The lowest BCUT2D eigenvalue weighted by Gasteiger charge is -2.71. The maximum atomic E-state index is 12.8. The van der Waals surface area contributed by atoms with E-state index in [9.17, 15) is 4.79 Å². The molecule has 186 valence electrons. The molecule has 3 unspecified atom stereocenters. The van der Waals surface area contributed by atoms with Gasteiger partial charge in [-0.05, 0) is 116 Å². The van der Waals surface area contributed by atoms with E-state index in [4.69, 9.17) is 4.74 Å². The highest BCUT2D eigenvalue weighted by atomic mass is 16.5. The molecule has 5 aliphatic rings. The Morgan fingerprint density at radius 3 is 2.27 bits per heavy atom. The number of allylic oxidation sites excluding steroid dienone is 2. The molecule has 4 fully saturated rings. The summed E-state index contributed by atoms with van der Waals surface area (Å²) in [6.45, 7) is 17.9. The molecule has 0 bridgehead atoms.